The third-order valence-electron chi connectivity index (χ3n) is 4.04. The van der Waals surface area contributed by atoms with Crippen LogP contribution in [-0.4, -0.2) is 71.2 Å². The third kappa shape index (κ3) is 4.41. The Morgan fingerprint density at radius 1 is 1.38 bits per heavy atom. The van der Waals surface area contributed by atoms with Crippen LogP contribution < -0.4 is 0 Å². The summed E-state index contributed by atoms with van der Waals surface area (Å²) in [4.78, 5) is 27.8. The van der Waals surface area contributed by atoms with Gasteiger partial charge in [-0.25, -0.2) is 0 Å². The molecule has 2 saturated heterocycles. The largest absolute Gasteiger partial charge is 0.394 e. The second-order valence-corrected chi connectivity index (χ2v) is 6.58. The Morgan fingerprint density at radius 2 is 2.14 bits per heavy atom. The maximum Gasteiger partial charge on any atom is 0.242 e. The van der Waals surface area contributed by atoms with Crippen molar-refractivity contribution in [3.05, 3.63) is 0 Å². The van der Waals surface area contributed by atoms with E-state index in [1.807, 2.05) is 13.8 Å². The summed E-state index contributed by atoms with van der Waals surface area (Å²) in [5, 5.41) is 9.30. The maximum absolute atomic E-state index is 12.5. The van der Waals surface area contributed by atoms with E-state index in [1.54, 1.807) is 9.80 Å². The van der Waals surface area contributed by atoms with Crippen LogP contribution in [0.1, 0.15) is 39.5 Å². The molecule has 6 heteroatoms. The van der Waals surface area contributed by atoms with Gasteiger partial charge in [-0.2, -0.15) is 0 Å². The minimum Gasteiger partial charge on any atom is -0.394 e. The number of carbonyl (C=O) groups is 2. The number of nitrogens with zero attached hydrogens (tertiary/aromatic N) is 2. The quantitative estimate of drug-likeness (QED) is 0.818. The van der Waals surface area contributed by atoms with Gasteiger partial charge in [-0.3, -0.25) is 9.59 Å². The summed E-state index contributed by atoms with van der Waals surface area (Å²) in [6.07, 6.45) is 3.13. The van der Waals surface area contributed by atoms with Crippen molar-refractivity contribution in [3.63, 3.8) is 0 Å². The number of morpholine rings is 1. The van der Waals surface area contributed by atoms with Crippen LogP contribution in [0.2, 0.25) is 0 Å². The highest BCUT2D eigenvalue weighted by atomic mass is 16.5. The van der Waals surface area contributed by atoms with Crippen molar-refractivity contribution < 1.29 is 19.4 Å². The van der Waals surface area contributed by atoms with Gasteiger partial charge < -0.3 is 19.6 Å². The van der Waals surface area contributed by atoms with Crippen molar-refractivity contribution in [2.75, 3.05) is 32.8 Å². The van der Waals surface area contributed by atoms with Crippen molar-refractivity contribution in [3.8, 4) is 0 Å². The number of hydrogen-bond acceptors (Lipinski definition) is 4. The molecule has 0 aliphatic carbocycles. The maximum atomic E-state index is 12.5. The van der Waals surface area contributed by atoms with Gasteiger partial charge >= 0.3 is 0 Å². The zero-order valence-electron chi connectivity index (χ0n) is 13.0. The van der Waals surface area contributed by atoms with Gasteiger partial charge in [-0.05, 0) is 26.7 Å². The smallest absolute Gasteiger partial charge is 0.242 e. The normalized spacial score (nSPS) is 26.6. The first-order valence-corrected chi connectivity index (χ1v) is 7.75. The molecular formula is C15H26N2O4. The molecule has 0 aromatic rings. The second kappa shape index (κ2) is 6.75. The van der Waals surface area contributed by atoms with Crippen molar-refractivity contribution in [2.24, 2.45) is 0 Å². The van der Waals surface area contributed by atoms with Crippen LogP contribution in [0.5, 0.6) is 0 Å². The monoisotopic (exact) mass is 298 g/mol. The molecule has 6 nitrogen and oxygen atoms in total. The molecular weight excluding hydrogens is 272 g/mol. The van der Waals surface area contributed by atoms with Gasteiger partial charge in [-0.15, -0.1) is 0 Å². The molecule has 0 radical (unpaired) electrons. The first-order chi connectivity index (χ1) is 9.91. The molecule has 21 heavy (non-hydrogen) atoms. The minimum absolute atomic E-state index is 0.0555. The molecule has 1 unspecified atom stereocenters. The molecule has 2 amide bonds. The zero-order valence-corrected chi connectivity index (χ0v) is 13.0. The fraction of sp³-hybridized carbons (Fsp3) is 0.867. The Kier molecular flexibility index (Phi) is 5.22. The molecule has 2 aliphatic heterocycles. The number of aliphatic hydroxyl groups excluding tert-OH is 1. The highest BCUT2D eigenvalue weighted by Gasteiger charge is 2.36. The van der Waals surface area contributed by atoms with Crippen LogP contribution in [0.25, 0.3) is 0 Å². The van der Waals surface area contributed by atoms with E-state index in [-0.39, 0.29) is 31.1 Å². The average Bonchev–Trinajstić information content (AvgIpc) is 2.62. The topological polar surface area (TPSA) is 70.1 Å². The van der Waals surface area contributed by atoms with Gasteiger partial charge in [0, 0.05) is 26.1 Å². The summed E-state index contributed by atoms with van der Waals surface area (Å²) in [6.45, 7) is 5.41. The second-order valence-electron chi connectivity index (χ2n) is 6.58. The van der Waals surface area contributed by atoms with Gasteiger partial charge in [-0.1, -0.05) is 6.42 Å². The van der Waals surface area contributed by atoms with Crippen molar-refractivity contribution in [1.82, 2.24) is 9.80 Å². The molecule has 1 N–H and O–H groups in total. The Hall–Kier alpha value is -1.14. The van der Waals surface area contributed by atoms with Crippen LogP contribution in [0.15, 0.2) is 0 Å². The van der Waals surface area contributed by atoms with Gasteiger partial charge in [0.1, 0.15) is 0 Å². The van der Waals surface area contributed by atoms with Crippen LogP contribution in [0.3, 0.4) is 0 Å². The molecule has 0 bridgehead atoms. The first kappa shape index (κ1) is 16.2. The Labute approximate surface area is 126 Å². The molecule has 2 heterocycles. The third-order valence-corrected chi connectivity index (χ3v) is 4.04. The fourth-order valence-corrected chi connectivity index (χ4v) is 3.05. The minimum atomic E-state index is -0.468. The van der Waals surface area contributed by atoms with Gasteiger partial charge in [0.25, 0.3) is 0 Å². The lowest BCUT2D eigenvalue weighted by Gasteiger charge is -2.42. The number of hydrogen-bond donors (Lipinski definition) is 1. The van der Waals surface area contributed by atoms with Crippen LogP contribution in [0, 0.1) is 0 Å². The van der Waals surface area contributed by atoms with Crippen molar-refractivity contribution in [1.29, 1.82) is 0 Å². The first-order valence-electron chi connectivity index (χ1n) is 7.75. The molecule has 0 aromatic heterocycles. The molecule has 2 fully saturated rings. The van der Waals surface area contributed by atoms with E-state index in [0.717, 1.165) is 19.3 Å². The van der Waals surface area contributed by atoms with Crippen LogP contribution >= 0.6 is 0 Å². The molecule has 1 atom stereocenters. The lowest BCUT2D eigenvalue weighted by molar-refractivity contribution is -0.168. The molecule has 120 valence electrons. The average molecular weight is 298 g/mol. The van der Waals surface area contributed by atoms with E-state index in [4.69, 9.17) is 4.74 Å². The summed E-state index contributed by atoms with van der Waals surface area (Å²) in [6, 6.07) is 0. The Bertz CT molecular complexity index is 397. The summed E-state index contributed by atoms with van der Waals surface area (Å²) >= 11 is 0. The zero-order chi connectivity index (χ0) is 15.5. The van der Waals surface area contributed by atoms with Gasteiger partial charge in [0.15, 0.2) is 0 Å². The molecule has 0 spiro atoms. The molecule has 2 rings (SSSR count). The van der Waals surface area contributed by atoms with E-state index < -0.39 is 5.60 Å². The number of carbonyl (C=O) groups excluding carboxylic acids is 2. The predicted octanol–water partition coefficient (Wildman–Crippen LogP) is 0.387. The number of likely N-dealkylation sites (tertiary alicyclic amines) is 1. The lowest BCUT2D eigenvalue weighted by atomic mass is 10.1. The highest BCUT2D eigenvalue weighted by Crippen LogP contribution is 2.21. The Balaban J connectivity index is 1.96. The van der Waals surface area contributed by atoms with Crippen LogP contribution in [-0.2, 0) is 14.3 Å². The SMILES string of the molecule is CC1(C)CN(C(=O)CN2CCCCCC2=O)CC(CO)O1. The van der Waals surface area contributed by atoms with Crippen molar-refractivity contribution >= 4 is 11.8 Å². The van der Waals surface area contributed by atoms with E-state index in [0.29, 0.717) is 26.1 Å². The summed E-state index contributed by atoms with van der Waals surface area (Å²) in [5.74, 6) is 0.0205. The summed E-state index contributed by atoms with van der Waals surface area (Å²) in [5.41, 5.74) is -0.468. The van der Waals surface area contributed by atoms with E-state index in [2.05, 4.69) is 0 Å². The van der Waals surface area contributed by atoms with Gasteiger partial charge in [0.05, 0.1) is 24.9 Å². The molecule has 0 saturated carbocycles. The number of aliphatic hydroxyl groups is 1. The lowest BCUT2D eigenvalue weighted by Crippen LogP contribution is -2.57. The van der Waals surface area contributed by atoms with Crippen molar-refractivity contribution in [2.45, 2.75) is 51.2 Å². The van der Waals surface area contributed by atoms with E-state index in [9.17, 15) is 14.7 Å². The van der Waals surface area contributed by atoms with E-state index >= 15 is 0 Å². The predicted molar refractivity (Wildman–Crippen MR) is 77.7 cm³/mol. The Morgan fingerprint density at radius 3 is 2.86 bits per heavy atom. The molecule has 0 aromatic carbocycles. The number of amides is 2. The highest BCUT2D eigenvalue weighted by molar-refractivity contribution is 5.85. The molecule has 2 aliphatic rings. The summed E-state index contributed by atoms with van der Waals surface area (Å²) in [7, 11) is 0. The fourth-order valence-electron chi connectivity index (χ4n) is 3.05. The van der Waals surface area contributed by atoms with Gasteiger partial charge in [0.2, 0.25) is 11.8 Å². The standard InChI is InChI=1S/C15H26N2O4/c1-15(2)11-17(8-12(10-18)21-15)14(20)9-16-7-5-3-4-6-13(16)19/h12,18H,3-11H2,1-2H3. The van der Waals surface area contributed by atoms with E-state index in [1.165, 1.54) is 0 Å². The number of rotatable bonds is 3. The van der Waals surface area contributed by atoms with Crippen LogP contribution in [0.4, 0.5) is 0 Å². The summed E-state index contributed by atoms with van der Waals surface area (Å²) < 4.78 is 5.71. The number of ether oxygens (including phenoxy) is 1.